The minimum absolute atomic E-state index is 0.735. The van der Waals surface area contributed by atoms with Gasteiger partial charge in [-0.2, -0.15) is 16.9 Å². The van der Waals surface area contributed by atoms with Crippen molar-refractivity contribution in [3.8, 4) is 0 Å². The Morgan fingerprint density at radius 3 is 3.12 bits per heavy atom. The lowest BCUT2D eigenvalue weighted by Crippen LogP contribution is -2.36. The summed E-state index contributed by atoms with van der Waals surface area (Å²) >= 11 is 1.87. The van der Waals surface area contributed by atoms with Gasteiger partial charge >= 0.3 is 0 Å². The van der Waals surface area contributed by atoms with Gasteiger partial charge in [0.15, 0.2) is 0 Å². The molecule has 17 heavy (non-hydrogen) atoms. The maximum atomic E-state index is 4.42. The highest BCUT2D eigenvalue weighted by Gasteiger charge is 2.18. The topological polar surface area (TPSA) is 21.1 Å². The number of piperidine rings is 1. The summed E-state index contributed by atoms with van der Waals surface area (Å²) in [5.41, 5.74) is 1.36. The summed E-state index contributed by atoms with van der Waals surface area (Å²) in [5.74, 6) is 1.14. The number of hydrogen-bond acceptors (Lipinski definition) is 3. The maximum absolute atomic E-state index is 4.42. The summed E-state index contributed by atoms with van der Waals surface area (Å²) in [6.45, 7) is 5.69. The molecule has 2 rings (SSSR count). The van der Waals surface area contributed by atoms with Crippen LogP contribution >= 0.6 is 11.8 Å². The Balaban J connectivity index is 1.87. The first kappa shape index (κ1) is 13.0. The Labute approximate surface area is 109 Å². The number of nitrogens with zero attached hydrogens (tertiary/aromatic N) is 3. The first-order valence-corrected chi connectivity index (χ1v) is 7.93. The monoisotopic (exact) mass is 253 g/mol. The molecule has 0 aromatic carbocycles. The molecule has 1 aliphatic heterocycles. The lowest BCUT2D eigenvalue weighted by molar-refractivity contribution is 0.152. The van der Waals surface area contributed by atoms with Gasteiger partial charge in [-0.05, 0) is 32.6 Å². The number of likely N-dealkylation sites (tertiary alicyclic amines) is 1. The highest BCUT2D eigenvalue weighted by molar-refractivity contribution is 7.98. The molecule has 0 saturated carbocycles. The van der Waals surface area contributed by atoms with Gasteiger partial charge in [-0.25, -0.2) is 0 Å². The van der Waals surface area contributed by atoms with Crippen LogP contribution in [0.15, 0.2) is 12.4 Å². The first-order valence-electron chi connectivity index (χ1n) is 6.54. The molecule has 0 unspecified atom stereocenters. The number of thioether (sulfide) groups is 1. The highest BCUT2D eigenvalue weighted by Crippen LogP contribution is 2.18. The van der Waals surface area contributed by atoms with Crippen molar-refractivity contribution in [3.63, 3.8) is 0 Å². The maximum Gasteiger partial charge on any atom is 0.0534 e. The lowest BCUT2D eigenvalue weighted by Gasteiger charge is -2.32. The molecule has 4 heteroatoms. The second-order valence-corrected chi connectivity index (χ2v) is 5.91. The molecular formula is C13H23N3S. The molecule has 3 nitrogen and oxygen atoms in total. The smallest absolute Gasteiger partial charge is 0.0534 e. The zero-order valence-electron chi connectivity index (χ0n) is 10.9. The normalized spacial score (nSPS) is 21.9. The first-order chi connectivity index (χ1) is 8.29. The molecular weight excluding hydrogens is 230 g/mol. The van der Waals surface area contributed by atoms with E-state index < -0.39 is 0 Å². The molecule has 1 fully saturated rings. The van der Waals surface area contributed by atoms with Crippen molar-refractivity contribution in [2.75, 3.05) is 18.6 Å². The van der Waals surface area contributed by atoms with Crippen molar-refractivity contribution >= 4 is 11.8 Å². The van der Waals surface area contributed by atoms with Crippen LogP contribution in [0.1, 0.15) is 31.7 Å². The van der Waals surface area contributed by atoms with Crippen molar-refractivity contribution in [1.29, 1.82) is 0 Å². The van der Waals surface area contributed by atoms with Gasteiger partial charge in [0.2, 0.25) is 0 Å². The van der Waals surface area contributed by atoms with Gasteiger partial charge in [0.25, 0.3) is 0 Å². The van der Waals surface area contributed by atoms with Gasteiger partial charge in [0.1, 0.15) is 0 Å². The van der Waals surface area contributed by atoms with Crippen LogP contribution < -0.4 is 0 Å². The van der Waals surface area contributed by atoms with E-state index in [1.165, 1.54) is 31.4 Å². The van der Waals surface area contributed by atoms with Gasteiger partial charge < -0.3 is 0 Å². The molecule has 0 amide bonds. The van der Waals surface area contributed by atoms with Crippen LogP contribution in [0.3, 0.4) is 0 Å². The molecule has 1 aromatic rings. The van der Waals surface area contributed by atoms with E-state index in [0.717, 1.165) is 24.9 Å². The van der Waals surface area contributed by atoms with Crippen LogP contribution in [0.25, 0.3) is 0 Å². The molecule has 0 spiro atoms. The quantitative estimate of drug-likeness (QED) is 0.805. The Kier molecular flexibility index (Phi) is 4.92. The van der Waals surface area contributed by atoms with Crippen molar-refractivity contribution in [2.24, 2.45) is 0 Å². The number of rotatable bonds is 5. The molecule has 1 aliphatic rings. The Morgan fingerprint density at radius 1 is 1.47 bits per heavy atom. The summed E-state index contributed by atoms with van der Waals surface area (Å²) in [6, 6.07) is 0.735. The van der Waals surface area contributed by atoms with Crippen LogP contribution in [0.4, 0.5) is 0 Å². The third-order valence-corrected chi connectivity index (χ3v) is 4.13. The van der Waals surface area contributed by atoms with Crippen LogP contribution in [0.5, 0.6) is 0 Å². The van der Waals surface area contributed by atoms with E-state index in [1.807, 2.05) is 18.0 Å². The van der Waals surface area contributed by atoms with Crippen molar-refractivity contribution in [3.05, 3.63) is 18.0 Å². The molecule has 1 saturated heterocycles. The molecule has 0 radical (unpaired) electrons. The molecule has 0 N–H and O–H groups in total. The standard InChI is InChI=1S/C13H23N3S/c1-12-5-3-4-6-15(12)10-13-9-14-16(11-13)7-8-17-2/h9,11-12H,3-8,10H2,1-2H3/t12-/m0/s1. The van der Waals surface area contributed by atoms with E-state index in [1.54, 1.807) is 0 Å². The zero-order valence-corrected chi connectivity index (χ0v) is 11.7. The largest absolute Gasteiger partial charge is 0.296 e. The van der Waals surface area contributed by atoms with Crippen molar-refractivity contribution < 1.29 is 0 Å². The SMILES string of the molecule is CSCCn1cc(CN2CCCC[C@@H]2C)cn1. The summed E-state index contributed by atoms with van der Waals surface area (Å²) in [5, 5.41) is 4.42. The average Bonchev–Trinajstić information content (AvgIpc) is 2.77. The van der Waals surface area contributed by atoms with E-state index in [9.17, 15) is 0 Å². The number of aromatic nitrogens is 2. The van der Waals surface area contributed by atoms with Crippen molar-refractivity contribution in [1.82, 2.24) is 14.7 Å². The summed E-state index contributed by atoms with van der Waals surface area (Å²) < 4.78 is 2.07. The van der Waals surface area contributed by atoms with E-state index in [2.05, 4.69) is 34.1 Å². The van der Waals surface area contributed by atoms with Crippen LogP contribution in [0, 0.1) is 0 Å². The van der Waals surface area contributed by atoms with Gasteiger partial charge in [0, 0.05) is 36.6 Å². The lowest BCUT2D eigenvalue weighted by atomic mass is 10.0. The minimum atomic E-state index is 0.735. The molecule has 2 heterocycles. The predicted octanol–water partition coefficient (Wildman–Crippen LogP) is 2.62. The average molecular weight is 253 g/mol. The highest BCUT2D eigenvalue weighted by atomic mass is 32.2. The van der Waals surface area contributed by atoms with Crippen LogP contribution in [0.2, 0.25) is 0 Å². The van der Waals surface area contributed by atoms with Gasteiger partial charge in [-0.15, -0.1) is 0 Å². The fraction of sp³-hybridized carbons (Fsp3) is 0.769. The van der Waals surface area contributed by atoms with Gasteiger partial charge in [-0.3, -0.25) is 9.58 Å². The summed E-state index contributed by atoms with van der Waals surface area (Å²) in [4.78, 5) is 2.58. The minimum Gasteiger partial charge on any atom is -0.296 e. The van der Waals surface area contributed by atoms with Crippen molar-refractivity contribution in [2.45, 2.75) is 45.3 Å². The molecule has 1 aromatic heterocycles. The Bertz CT molecular complexity index is 337. The third kappa shape index (κ3) is 3.75. The molecule has 0 aliphatic carbocycles. The van der Waals surface area contributed by atoms with E-state index in [0.29, 0.717) is 0 Å². The molecule has 0 bridgehead atoms. The van der Waals surface area contributed by atoms with Gasteiger partial charge in [-0.1, -0.05) is 6.42 Å². The molecule has 96 valence electrons. The van der Waals surface area contributed by atoms with E-state index in [4.69, 9.17) is 0 Å². The van der Waals surface area contributed by atoms with Gasteiger partial charge in [0.05, 0.1) is 6.20 Å². The molecule has 1 atom stereocenters. The Hall–Kier alpha value is -0.480. The fourth-order valence-electron chi connectivity index (χ4n) is 2.42. The number of hydrogen-bond donors (Lipinski definition) is 0. The fourth-order valence-corrected chi connectivity index (χ4v) is 2.79. The van der Waals surface area contributed by atoms with Crippen LogP contribution in [-0.4, -0.2) is 39.3 Å². The van der Waals surface area contributed by atoms with E-state index >= 15 is 0 Å². The number of aryl methyl sites for hydroxylation is 1. The second kappa shape index (κ2) is 6.45. The second-order valence-electron chi connectivity index (χ2n) is 4.92. The Morgan fingerprint density at radius 2 is 2.35 bits per heavy atom. The summed E-state index contributed by atoms with van der Waals surface area (Å²) in [7, 11) is 0. The predicted molar refractivity (Wildman–Crippen MR) is 74.3 cm³/mol. The zero-order chi connectivity index (χ0) is 12.1. The van der Waals surface area contributed by atoms with Crippen LogP contribution in [-0.2, 0) is 13.1 Å². The van der Waals surface area contributed by atoms with E-state index in [-0.39, 0.29) is 0 Å². The summed E-state index contributed by atoms with van der Waals surface area (Å²) in [6.07, 6.45) is 10.5. The third-order valence-electron chi connectivity index (χ3n) is 3.54.